The number of alkyl halides is 2. The van der Waals surface area contributed by atoms with Crippen LogP contribution in [0.2, 0.25) is 0 Å². The molecule has 0 bridgehead atoms. The lowest BCUT2D eigenvalue weighted by Gasteiger charge is -2.26. The van der Waals surface area contributed by atoms with E-state index in [0.717, 1.165) is 0 Å². The highest BCUT2D eigenvalue weighted by Crippen LogP contribution is 2.28. The Balaban J connectivity index is 4.62. The molecule has 0 rings (SSSR count). The number of halogens is 2. The third kappa shape index (κ3) is 3.03. The maximum Gasteiger partial charge on any atom is 0.280 e. The van der Waals surface area contributed by atoms with E-state index in [2.05, 4.69) is 0 Å². The summed E-state index contributed by atoms with van der Waals surface area (Å²) in [5.74, 6) is -4.14. The summed E-state index contributed by atoms with van der Waals surface area (Å²) in [4.78, 5) is 11.2. The molecule has 0 radical (unpaired) electrons. The standard InChI is InChI=1S/C9H16F2O2/c1-5-9(10,11)7(13)6(12)8(2,3)4/h7,13H,5H2,1-4H3. The molecule has 0 spiro atoms. The number of hydrogen-bond acceptors (Lipinski definition) is 2. The topological polar surface area (TPSA) is 37.3 Å². The van der Waals surface area contributed by atoms with Crippen molar-refractivity contribution in [3.63, 3.8) is 0 Å². The molecule has 0 fully saturated rings. The van der Waals surface area contributed by atoms with Gasteiger partial charge in [-0.1, -0.05) is 27.7 Å². The van der Waals surface area contributed by atoms with Gasteiger partial charge in [-0.15, -0.1) is 0 Å². The molecule has 1 atom stereocenters. The minimum Gasteiger partial charge on any atom is -0.379 e. The first kappa shape index (κ1) is 12.5. The Morgan fingerprint density at radius 3 is 2.00 bits per heavy atom. The molecular formula is C9H16F2O2. The molecule has 1 N–H and O–H groups in total. The van der Waals surface area contributed by atoms with Gasteiger partial charge in [0.25, 0.3) is 5.92 Å². The van der Waals surface area contributed by atoms with Crippen LogP contribution in [0, 0.1) is 5.41 Å². The number of carbonyl (C=O) groups excluding carboxylic acids is 1. The fourth-order valence-electron chi connectivity index (χ4n) is 0.795. The first-order valence-electron chi connectivity index (χ1n) is 4.23. The van der Waals surface area contributed by atoms with Crippen molar-refractivity contribution in [1.29, 1.82) is 0 Å². The summed E-state index contributed by atoms with van der Waals surface area (Å²) in [6.45, 7) is 5.75. The molecule has 0 amide bonds. The molecule has 1 unspecified atom stereocenters. The number of ketones is 1. The zero-order chi connectivity index (χ0) is 10.9. The molecule has 0 aliphatic rings. The number of Topliss-reactive ketones (excluding diaryl/α,β-unsaturated/α-hetero) is 1. The molecule has 0 aliphatic heterocycles. The second-order valence-electron chi connectivity index (χ2n) is 4.13. The van der Waals surface area contributed by atoms with Crippen LogP contribution >= 0.6 is 0 Å². The highest BCUT2D eigenvalue weighted by Gasteiger charge is 2.44. The smallest absolute Gasteiger partial charge is 0.280 e. The number of carbonyl (C=O) groups is 1. The third-order valence-corrected chi connectivity index (χ3v) is 1.86. The maximum absolute atomic E-state index is 12.9. The zero-order valence-electron chi connectivity index (χ0n) is 8.40. The van der Waals surface area contributed by atoms with Gasteiger partial charge < -0.3 is 5.11 Å². The first-order valence-corrected chi connectivity index (χ1v) is 4.23. The van der Waals surface area contributed by atoms with E-state index in [4.69, 9.17) is 5.11 Å². The molecule has 0 saturated carbocycles. The van der Waals surface area contributed by atoms with Crippen molar-refractivity contribution < 1.29 is 18.7 Å². The molecule has 0 aromatic carbocycles. The summed E-state index contributed by atoms with van der Waals surface area (Å²) in [6.07, 6.45) is -2.71. The Kier molecular flexibility index (Phi) is 3.55. The van der Waals surface area contributed by atoms with Crippen molar-refractivity contribution in [2.45, 2.75) is 46.1 Å². The Bertz CT molecular complexity index is 194. The minimum atomic E-state index is -3.32. The van der Waals surface area contributed by atoms with E-state index in [1.165, 1.54) is 27.7 Å². The van der Waals surface area contributed by atoms with Crippen molar-refractivity contribution in [2.24, 2.45) is 5.41 Å². The molecule has 4 heteroatoms. The number of aliphatic hydroxyl groups is 1. The lowest BCUT2D eigenvalue weighted by molar-refractivity contribution is -0.159. The molecule has 0 saturated heterocycles. The molecule has 78 valence electrons. The highest BCUT2D eigenvalue weighted by atomic mass is 19.3. The third-order valence-electron chi connectivity index (χ3n) is 1.86. The van der Waals surface area contributed by atoms with E-state index in [9.17, 15) is 13.6 Å². The average molecular weight is 194 g/mol. The lowest BCUT2D eigenvalue weighted by Crippen LogP contribution is -2.44. The maximum atomic E-state index is 12.9. The summed E-state index contributed by atoms with van der Waals surface area (Å²) in [6, 6.07) is 0. The van der Waals surface area contributed by atoms with Crippen LogP contribution in [0.25, 0.3) is 0 Å². The molecule has 0 aliphatic carbocycles. The number of aliphatic hydroxyl groups excluding tert-OH is 1. The molecule has 0 aromatic rings. The molecule has 2 nitrogen and oxygen atoms in total. The van der Waals surface area contributed by atoms with Gasteiger partial charge in [-0.25, -0.2) is 8.78 Å². The average Bonchev–Trinajstić information content (AvgIpc) is 2.00. The first-order chi connectivity index (χ1) is 5.63. The van der Waals surface area contributed by atoms with Gasteiger partial charge in [0.1, 0.15) is 0 Å². The van der Waals surface area contributed by atoms with Crippen LogP contribution in [0.1, 0.15) is 34.1 Å². The van der Waals surface area contributed by atoms with Gasteiger partial charge in [0.15, 0.2) is 11.9 Å². The van der Waals surface area contributed by atoms with E-state index in [1.54, 1.807) is 0 Å². The van der Waals surface area contributed by atoms with Gasteiger partial charge in [0, 0.05) is 11.8 Å². The molecule has 0 aromatic heterocycles. The summed E-state index contributed by atoms with van der Waals surface area (Å²) >= 11 is 0. The van der Waals surface area contributed by atoms with E-state index < -0.39 is 29.6 Å². The molecule has 13 heavy (non-hydrogen) atoms. The molecule has 0 heterocycles. The number of rotatable bonds is 3. The Morgan fingerprint density at radius 1 is 1.38 bits per heavy atom. The predicted molar refractivity (Wildman–Crippen MR) is 45.7 cm³/mol. The fourth-order valence-corrected chi connectivity index (χ4v) is 0.795. The summed E-state index contributed by atoms with van der Waals surface area (Å²) in [5, 5.41) is 9.08. The van der Waals surface area contributed by atoms with E-state index >= 15 is 0 Å². The van der Waals surface area contributed by atoms with Crippen LogP contribution in [0.3, 0.4) is 0 Å². The minimum absolute atomic E-state index is 0.532. The number of hydrogen-bond donors (Lipinski definition) is 1. The van der Waals surface area contributed by atoms with Crippen LogP contribution in [0.4, 0.5) is 8.78 Å². The van der Waals surface area contributed by atoms with Gasteiger partial charge >= 0.3 is 0 Å². The van der Waals surface area contributed by atoms with Gasteiger partial charge in [-0.2, -0.15) is 0 Å². The highest BCUT2D eigenvalue weighted by molar-refractivity contribution is 5.88. The van der Waals surface area contributed by atoms with Crippen molar-refractivity contribution in [1.82, 2.24) is 0 Å². The van der Waals surface area contributed by atoms with Crippen molar-refractivity contribution in [3.8, 4) is 0 Å². The quantitative estimate of drug-likeness (QED) is 0.746. The SMILES string of the molecule is CCC(F)(F)C(O)C(=O)C(C)(C)C. The predicted octanol–water partition coefficient (Wildman–Crippen LogP) is 2.01. The zero-order valence-corrected chi connectivity index (χ0v) is 8.40. The van der Waals surface area contributed by atoms with E-state index in [0.29, 0.717) is 0 Å². The Morgan fingerprint density at radius 2 is 1.77 bits per heavy atom. The van der Waals surface area contributed by atoms with Crippen LogP contribution in [-0.4, -0.2) is 22.9 Å². The summed E-state index contributed by atoms with van der Waals surface area (Å²) in [7, 11) is 0. The lowest BCUT2D eigenvalue weighted by atomic mass is 9.85. The second kappa shape index (κ2) is 3.70. The van der Waals surface area contributed by atoms with Crippen LogP contribution in [-0.2, 0) is 4.79 Å². The van der Waals surface area contributed by atoms with Gasteiger partial charge in [0.2, 0.25) is 0 Å². The Hall–Kier alpha value is -0.510. The van der Waals surface area contributed by atoms with Crippen LogP contribution in [0.5, 0.6) is 0 Å². The van der Waals surface area contributed by atoms with Crippen molar-refractivity contribution >= 4 is 5.78 Å². The van der Waals surface area contributed by atoms with Crippen LogP contribution in [0.15, 0.2) is 0 Å². The summed E-state index contributed by atoms with van der Waals surface area (Å²) < 4.78 is 25.7. The monoisotopic (exact) mass is 194 g/mol. The van der Waals surface area contributed by atoms with Gasteiger partial charge in [-0.3, -0.25) is 4.79 Å². The molecular weight excluding hydrogens is 178 g/mol. The fraction of sp³-hybridized carbons (Fsp3) is 0.889. The van der Waals surface area contributed by atoms with Crippen molar-refractivity contribution in [2.75, 3.05) is 0 Å². The van der Waals surface area contributed by atoms with Crippen LogP contribution < -0.4 is 0 Å². The van der Waals surface area contributed by atoms with E-state index in [1.807, 2.05) is 0 Å². The second-order valence-corrected chi connectivity index (χ2v) is 4.13. The summed E-state index contributed by atoms with van der Waals surface area (Å²) in [5.41, 5.74) is -0.933. The van der Waals surface area contributed by atoms with Gasteiger partial charge in [0.05, 0.1) is 0 Å². The Labute approximate surface area is 76.9 Å². The largest absolute Gasteiger partial charge is 0.379 e. The van der Waals surface area contributed by atoms with Gasteiger partial charge in [-0.05, 0) is 0 Å². The van der Waals surface area contributed by atoms with E-state index in [-0.39, 0.29) is 0 Å². The van der Waals surface area contributed by atoms with Crippen molar-refractivity contribution in [3.05, 3.63) is 0 Å². The normalized spacial score (nSPS) is 15.6.